The number of nitrogens with one attached hydrogen (secondary N) is 1. The minimum atomic E-state index is -0.858. The van der Waals surface area contributed by atoms with Gasteiger partial charge < -0.3 is 15.2 Å². The highest BCUT2D eigenvalue weighted by molar-refractivity contribution is 5.85. The number of benzene rings is 3. The molecule has 4 nitrogen and oxygen atoms in total. The van der Waals surface area contributed by atoms with Gasteiger partial charge in [0, 0.05) is 12.5 Å². The molecule has 0 heterocycles. The molecule has 3 aromatic rings. The van der Waals surface area contributed by atoms with Gasteiger partial charge >= 0.3 is 5.97 Å². The second kappa shape index (κ2) is 11.9. The van der Waals surface area contributed by atoms with Crippen LogP contribution in [0.15, 0.2) is 78.9 Å². The Hall–Kier alpha value is -2.98. The molecule has 0 radical (unpaired) electrons. The molecule has 0 atom stereocenters. The lowest BCUT2D eigenvalue weighted by Crippen LogP contribution is -2.16. The van der Waals surface area contributed by atoms with Crippen molar-refractivity contribution >= 4 is 24.1 Å². The van der Waals surface area contributed by atoms with E-state index in [4.69, 9.17) is 4.74 Å². The molecule has 0 saturated heterocycles. The number of hydrogen-bond acceptors (Lipinski definition) is 3. The van der Waals surface area contributed by atoms with Crippen LogP contribution in [0.1, 0.15) is 36.0 Å². The lowest BCUT2D eigenvalue weighted by atomic mass is 9.91. The van der Waals surface area contributed by atoms with Crippen molar-refractivity contribution in [2.75, 3.05) is 18.5 Å². The van der Waals surface area contributed by atoms with E-state index in [0.29, 0.717) is 18.9 Å². The molecule has 0 spiro atoms. The SMILES string of the molecule is CCCOc1cccc(CC(=O)O)c1NCC(c1ccccc1)c1ccccc1.Cl. The van der Waals surface area contributed by atoms with Crippen LogP contribution < -0.4 is 10.1 Å². The molecule has 2 N–H and O–H groups in total. The van der Waals surface area contributed by atoms with Crippen LogP contribution in [0.3, 0.4) is 0 Å². The summed E-state index contributed by atoms with van der Waals surface area (Å²) in [6, 6.07) is 26.3. The summed E-state index contributed by atoms with van der Waals surface area (Å²) in [4.78, 5) is 11.4. The topological polar surface area (TPSA) is 58.6 Å². The molecule has 3 aromatic carbocycles. The standard InChI is InChI=1S/C25H27NO3.ClH/c1-2-16-29-23-15-9-14-21(17-24(27)28)25(23)26-18-22(19-10-5-3-6-11-19)20-12-7-4-8-13-20;/h3-15,22,26H,2,16-18H2,1H3,(H,27,28);1H. The van der Waals surface area contributed by atoms with Crippen LogP contribution in [-0.4, -0.2) is 24.2 Å². The first kappa shape index (κ1) is 23.3. The molecule has 0 aromatic heterocycles. The first-order valence-electron chi connectivity index (χ1n) is 9.99. The molecule has 5 heteroatoms. The molecular weight excluding hydrogens is 398 g/mol. The van der Waals surface area contributed by atoms with Crippen LogP contribution in [0.4, 0.5) is 5.69 Å². The molecule has 0 amide bonds. The first-order chi connectivity index (χ1) is 14.2. The number of carbonyl (C=O) groups is 1. The molecule has 0 aliphatic rings. The number of carboxylic acid groups (broad SMARTS) is 1. The zero-order valence-electron chi connectivity index (χ0n) is 17.1. The Bertz CT molecular complexity index is 877. The van der Waals surface area contributed by atoms with Crippen LogP contribution in [0, 0.1) is 0 Å². The number of halogens is 1. The second-order valence-corrected chi connectivity index (χ2v) is 6.96. The Kier molecular flexibility index (Phi) is 9.23. The van der Waals surface area contributed by atoms with Crippen LogP contribution in [0.2, 0.25) is 0 Å². The summed E-state index contributed by atoms with van der Waals surface area (Å²) in [5.74, 6) is -0.0249. The molecule has 0 aliphatic heterocycles. The van der Waals surface area contributed by atoms with Gasteiger partial charge in [0.2, 0.25) is 0 Å². The Morgan fingerprint density at radius 3 is 2.07 bits per heavy atom. The van der Waals surface area contributed by atoms with Gasteiger partial charge in [0.1, 0.15) is 5.75 Å². The summed E-state index contributed by atoms with van der Waals surface area (Å²) < 4.78 is 5.90. The molecule has 3 rings (SSSR count). The maximum atomic E-state index is 11.4. The van der Waals surface area contributed by atoms with E-state index in [0.717, 1.165) is 17.7 Å². The highest BCUT2D eigenvalue weighted by Crippen LogP contribution is 2.32. The summed E-state index contributed by atoms with van der Waals surface area (Å²) in [7, 11) is 0. The van der Waals surface area contributed by atoms with Crippen molar-refractivity contribution in [3.63, 3.8) is 0 Å². The number of ether oxygens (including phenoxy) is 1. The van der Waals surface area contributed by atoms with E-state index in [1.165, 1.54) is 11.1 Å². The predicted molar refractivity (Wildman–Crippen MR) is 124 cm³/mol. The van der Waals surface area contributed by atoms with Crippen molar-refractivity contribution in [3.8, 4) is 5.75 Å². The van der Waals surface area contributed by atoms with Crippen molar-refractivity contribution in [2.45, 2.75) is 25.7 Å². The predicted octanol–water partition coefficient (Wildman–Crippen LogP) is 5.77. The number of rotatable bonds is 10. The van der Waals surface area contributed by atoms with E-state index in [-0.39, 0.29) is 24.7 Å². The number of hydrogen-bond donors (Lipinski definition) is 2. The van der Waals surface area contributed by atoms with E-state index in [1.54, 1.807) is 0 Å². The molecular formula is C25H28ClNO3. The Balaban J connectivity index is 0.00000320. The minimum absolute atomic E-state index is 0. The third kappa shape index (κ3) is 6.26. The van der Waals surface area contributed by atoms with E-state index in [9.17, 15) is 9.90 Å². The van der Waals surface area contributed by atoms with Gasteiger partial charge in [-0.25, -0.2) is 0 Å². The summed E-state index contributed by atoms with van der Waals surface area (Å²) in [5, 5.41) is 12.8. The maximum absolute atomic E-state index is 11.4. The van der Waals surface area contributed by atoms with Gasteiger partial charge in [-0.15, -0.1) is 12.4 Å². The smallest absolute Gasteiger partial charge is 0.307 e. The minimum Gasteiger partial charge on any atom is -0.491 e. The van der Waals surface area contributed by atoms with Crippen LogP contribution in [-0.2, 0) is 11.2 Å². The highest BCUT2D eigenvalue weighted by atomic mass is 35.5. The number of para-hydroxylation sites is 1. The highest BCUT2D eigenvalue weighted by Gasteiger charge is 2.17. The van der Waals surface area contributed by atoms with Gasteiger partial charge in [0.05, 0.1) is 18.7 Å². The van der Waals surface area contributed by atoms with Crippen LogP contribution >= 0.6 is 12.4 Å². The normalized spacial score (nSPS) is 10.3. The Labute approximate surface area is 184 Å². The fourth-order valence-electron chi connectivity index (χ4n) is 3.42. The fraction of sp³-hybridized carbons (Fsp3) is 0.240. The summed E-state index contributed by atoms with van der Waals surface area (Å²) >= 11 is 0. The molecule has 30 heavy (non-hydrogen) atoms. The van der Waals surface area contributed by atoms with Gasteiger partial charge in [0.25, 0.3) is 0 Å². The third-order valence-corrected chi connectivity index (χ3v) is 4.80. The third-order valence-electron chi connectivity index (χ3n) is 4.80. The van der Waals surface area contributed by atoms with E-state index >= 15 is 0 Å². The van der Waals surface area contributed by atoms with Gasteiger partial charge in [-0.2, -0.15) is 0 Å². The van der Waals surface area contributed by atoms with Crippen LogP contribution in [0.5, 0.6) is 5.75 Å². The van der Waals surface area contributed by atoms with E-state index < -0.39 is 5.97 Å². The van der Waals surface area contributed by atoms with Gasteiger partial charge in [0.15, 0.2) is 0 Å². The van der Waals surface area contributed by atoms with Crippen molar-refractivity contribution in [1.29, 1.82) is 0 Å². The number of anilines is 1. The molecule has 0 saturated carbocycles. The molecule has 0 unspecified atom stereocenters. The maximum Gasteiger partial charge on any atom is 0.307 e. The Morgan fingerprint density at radius 2 is 1.53 bits per heavy atom. The lowest BCUT2D eigenvalue weighted by molar-refractivity contribution is -0.136. The van der Waals surface area contributed by atoms with Crippen LogP contribution in [0.25, 0.3) is 0 Å². The van der Waals surface area contributed by atoms with Crippen molar-refractivity contribution < 1.29 is 14.6 Å². The van der Waals surface area contributed by atoms with E-state index in [2.05, 4.69) is 36.5 Å². The van der Waals surface area contributed by atoms with Crippen molar-refractivity contribution in [2.24, 2.45) is 0 Å². The molecule has 158 valence electrons. The number of aliphatic carboxylic acids is 1. The molecule has 0 bridgehead atoms. The number of carboxylic acids is 1. The quantitative estimate of drug-likeness (QED) is 0.433. The largest absolute Gasteiger partial charge is 0.491 e. The first-order valence-corrected chi connectivity index (χ1v) is 9.99. The average molecular weight is 426 g/mol. The second-order valence-electron chi connectivity index (χ2n) is 6.96. The van der Waals surface area contributed by atoms with Crippen molar-refractivity contribution in [3.05, 3.63) is 95.6 Å². The summed E-state index contributed by atoms with van der Waals surface area (Å²) in [6.07, 6.45) is 0.840. The zero-order chi connectivity index (χ0) is 20.5. The zero-order valence-corrected chi connectivity index (χ0v) is 17.9. The molecule has 0 aliphatic carbocycles. The summed E-state index contributed by atoms with van der Waals surface area (Å²) in [5.41, 5.74) is 3.90. The van der Waals surface area contributed by atoms with Gasteiger partial charge in [-0.3, -0.25) is 4.79 Å². The lowest BCUT2D eigenvalue weighted by Gasteiger charge is -2.22. The summed E-state index contributed by atoms with van der Waals surface area (Å²) in [6.45, 7) is 3.27. The Morgan fingerprint density at radius 1 is 0.933 bits per heavy atom. The van der Waals surface area contributed by atoms with E-state index in [1.807, 2.05) is 54.6 Å². The van der Waals surface area contributed by atoms with Crippen molar-refractivity contribution in [1.82, 2.24) is 0 Å². The monoisotopic (exact) mass is 425 g/mol. The average Bonchev–Trinajstić information content (AvgIpc) is 2.74. The van der Waals surface area contributed by atoms with Gasteiger partial charge in [-0.05, 0) is 29.2 Å². The van der Waals surface area contributed by atoms with Gasteiger partial charge in [-0.1, -0.05) is 79.7 Å². The molecule has 0 fully saturated rings. The fourth-order valence-corrected chi connectivity index (χ4v) is 3.42.